The summed E-state index contributed by atoms with van der Waals surface area (Å²) < 4.78 is 10.6. The van der Waals surface area contributed by atoms with Crippen LogP contribution in [0.4, 0.5) is 0 Å². The minimum absolute atomic E-state index is 0.101. The number of ether oxygens (including phenoxy) is 2. The Hall–Kier alpha value is -1.97. The highest BCUT2D eigenvalue weighted by molar-refractivity contribution is 5.92. The first-order valence-electron chi connectivity index (χ1n) is 8.96. The molecule has 1 aliphatic heterocycles. The summed E-state index contributed by atoms with van der Waals surface area (Å²) >= 11 is 0. The van der Waals surface area contributed by atoms with Gasteiger partial charge in [0.25, 0.3) is 0 Å². The molecule has 136 valence electrons. The van der Waals surface area contributed by atoms with Crippen molar-refractivity contribution in [1.29, 1.82) is 0 Å². The summed E-state index contributed by atoms with van der Waals surface area (Å²) in [5, 5.41) is 0. The Bertz CT molecular complexity index is 694. The number of carbonyl (C=O) groups is 1. The average molecular weight is 343 g/mol. The van der Waals surface area contributed by atoms with Gasteiger partial charge in [-0.05, 0) is 48.3 Å². The molecule has 0 N–H and O–H groups in total. The third kappa shape index (κ3) is 3.68. The fourth-order valence-electron chi connectivity index (χ4n) is 4.93. The minimum Gasteiger partial charge on any atom is -0.497 e. The van der Waals surface area contributed by atoms with E-state index in [0.29, 0.717) is 17.2 Å². The molecule has 0 aromatic heterocycles. The lowest BCUT2D eigenvalue weighted by molar-refractivity contribution is -0.127. The van der Waals surface area contributed by atoms with Gasteiger partial charge >= 0.3 is 0 Å². The highest BCUT2D eigenvalue weighted by Crippen LogP contribution is 2.52. The standard InChI is InChI=1S/C21H29NO3/c1-20(2)11-16-12-21(3,13-20)14-22(16)19(23)9-7-15-6-8-17(24-4)10-18(15)25-5/h6-10,16H,11-14H2,1-5H3/b9-7+/t16-,21-/m0/s1. The van der Waals surface area contributed by atoms with E-state index in [1.54, 1.807) is 20.3 Å². The Kier molecular flexibility index (Phi) is 4.56. The molecule has 1 aliphatic carbocycles. The second-order valence-electron chi connectivity index (χ2n) is 8.62. The normalized spacial score (nSPS) is 27.6. The number of methoxy groups -OCH3 is 2. The molecule has 4 heteroatoms. The molecule has 4 nitrogen and oxygen atoms in total. The van der Waals surface area contributed by atoms with Gasteiger partial charge in [-0.2, -0.15) is 0 Å². The average Bonchev–Trinajstić information content (AvgIpc) is 2.81. The van der Waals surface area contributed by atoms with Gasteiger partial charge in [-0.25, -0.2) is 0 Å². The molecular formula is C21H29NO3. The van der Waals surface area contributed by atoms with Gasteiger partial charge in [0.05, 0.1) is 14.2 Å². The van der Waals surface area contributed by atoms with E-state index in [2.05, 4.69) is 25.7 Å². The van der Waals surface area contributed by atoms with E-state index in [4.69, 9.17) is 9.47 Å². The van der Waals surface area contributed by atoms with Gasteiger partial charge in [0.1, 0.15) is 11.5 Å². The van der Waals surface area contributed by atoms with Gasteiger partial charge in [-0.1, -0.05) is 20.8 Å². The van der Waals surface area contributed by atoms with E-state index in [9.17, 15) is 4.79 Å². The van der Waals surface area contributed by atoms with Crippen LogP contribution in [0.25, 0.3) is 6.08 Å². The topological polar surface area (TPSA) is 38.8 Å². The van der Waals surface area contributed by atoms with Gasteiger partial charge in [0.2, 0.25) is 5.91 Å². The molecule has 0 spiro atoms. The SMILES string of the molecule is COc1ccc(/C=C/C(=O)N2C[C@@]3(C)C[C@@H]2CC(C)(C)C3)c(OC)c1. The Morgan fingerprint density at radius 1 is 1.20 bits per heavy atom. The van der Waals surface area contributed by atoms with Crippen LogP contribution >= 0.6 is 0 Å². The molecule has 2 atom stereocenters. The predicted octanol–water partition coefficient (Wildman–Crippen LogP) is 4.14. The number of fused-ring (bicyclic) bond motifs is 2. The number of hydrogen-bond acceptors (Lipinski definition) is 3. The van der Waals surface area contributed by atoms with Gasteiger partial charge in [-0.15, -0.1) is 0 Å². The number of nitrogens with zero attached hydrogens (tertiary/aromatic N) is 1. The minimum atomic E-state index is 0.101. The quantitative estimate of drug-likeness (QED) is 0.771. The Balaban J connectivity index is 1.76. The fraction of sp³-hybridized carbons (Fsp3) is 0.571. The Morgan fingerprint density at radius 2 is 1.96 bits per heavy atom. The largest absolute Gasteiger partial charge is 0.497 e. The monoisotopic (exact) mass is 343 g/mol. The highest BCUT2D eigenvalue weighted by atomic mass is 16.5. The van der Waals surface area contributed by atoms with Crippen LogP contribution in [-0.2, 0) is 4.79 Å². The van der Waals surface area contributed by atoms with Crippen molar-refractivity contribution in [3.63, 3.8) is 0 Å². The van der Waals surface area contributed by atoms with E-state index < -0.39 is 0 Å². The summed E-state index contributed by atoms with van der Waals surface area (Å²) in [4.78, 5) is 14.9. The molecule has 0 radical (unpaired) electrons. The number of hydrogen-bond donors (Lipinski definition) is 0. The second-order valence-corrected chi connectivity index (χ2v) is 8.62. The summed E-state index contributed by atoms with van der Waals surface area (Å²) in [6.07, 6.45) is 6.93. The van der Waals surface area contributed by atoms with Crippen LogP contribution in [0.1, 0.15) is 45.6 Å². The summed E-state index contributed by atoms with van der Waals surface area (Å²) in [5.74, 6) is 1.55. The van der Waals surface area contributed by atoms with Crippen molar-refractivity contribution in [2.45, 2.75) is 46.1 Å². The third-order valence-corrected chi connectivity index (χ3v) is 5.54. The molecule has 2 aliphatic rings. The first kappa shape index (κ1) is 17.8. The van der Waals surface area contributed by atoms with E-state index in [1.165, 1.54) is 6.42 Å². The number of amides is 1. The first-order valence-corrected chi connectivity index (χ1v) is 8.96. The van der Waals surface area contributed by atoms with Crippen molar-refractivity contribution < 1.29 is 14.3 Å². The van der Waals surface area contributed by atoms with Crippen molar-refractivity contribution in [2.75, 3.05) is 20.8 Å². The molecule has 25 heavy (non-hydrogen) atoms. The zero-order chi connectivity index (χ0) is 18.2. The fourth-order valence-corrected chi connectivity index (χ4v) is 4.93. The maximum Gasteiger partial charge on any atom is 0.246 e. The van der Waals surface area contributed by atoms with Crippen LogP contribution in [-0.4, -0.2) is 37.6 Å². The third-order valence-electron chi connectivity index (χ3n) is 5.54. The van der Waals surface area contributed by atoms with E-state index in [0.717, 1.165) is 30.7 Å². The number of rotatable bonds is 4. The van der Waals surface area contributed by atoms with Gasteiger partial charge in [0.15, 0.2) is 0 Å². The maximum absolute atomic E-state index is 12.8. The number of carbonyl (C=O) groups excluding carboxylic acids is 1. The lowest BCUT2D eigenvalue weighted by Gasteiger charge is -2.39. The molecular weight excluding hydrogens is 314 g/mol. The highest BCUT2D eigenvalue weighted by Gasteiger charge is 2.50. The van der Waals surface area contributed by atoms with Crippen LogP contribution < -0.4 is 9.47 Å². The maximum atomic E-state index is 12.8. The number of likely N-dealkylation sites (tertiary alicyclic amines) is 1. The molecule has 1 saturated heterocycles. The first-order chi connectivity index (χ1) is 11.8. The smallest absolute Gasteiger partial charge is 0.246 e. The molecule has 2 bridgehead atoms. The summed E-state index contributed by atoms with van der Waals surface area (Å²) in [5.41, 5.74) is 1.45. The van der Waals surface area contributed by atoms with Crippen molar-refractivity contribution in [1.82, 2.24) is 4.90 Å². The lowest BCUT2D eigenvalue weighted by Crippen LogP contribution is -2.36. The Morgan fingerprint density at radius 3 is 2.64 bits per heavy atom. The van der Waals surface area contributed by atoms with Crippen LogP contribution in [0, 0.1) is 10.8 Å². The molecule has 1 saturated carbocycles. The van der Waals surface area contributed by atoms with Crippen molar-refractivity contribution in [2.24, 2.45) is 10.8 Å². The molecule has 1 amide bonds. The predicted molar refractivity (Wildman–Crippen MR) is 99.8 cm³/mol. The van der Waals surface area contributed by atoms with Gasteiger partial charge in [0, 0.05) is 30.3 Å². The molecule has 2 fully saturated rings. The summed E-state index contributed by atoms with van der Waals surface area (Å²) in [7, 11) is 3.25. The van der Waals surface area contributed by atoms with Crippen LogP contribution in [0.3, 0.4) is 0 Å². The molecule has 3 rings (SSSR count). The van der Waals surface area contributed by atoms with Crippen molar-refractivity contribution in [3.8, 4) is 11.5 Å². The zero-order valence-corrected chi connectivity index (χ0v) is 16.0. The Labute approximate surface area is 150 Å². The number of benzene rings is 1. The van der Waals surface area contributed by atoms with E-state index in [1.807, 2.05) is 24.3 Å². The summed E-state index contributed by atoms with van der Waals surface area (Å²) in [6, 6.07) is 5.98. The van der Waals surface area contributed by atoms with Crippen LogP contribution in [0.15, 0.2) is 24.3 Å². The molecule has 1 aromatic rings. The van der Waals surface area contributed by atoms with Crippen molar-refractivity contribution >= 4 is 12.0 Å². The van der Waals surface area contributed by atoms with E-state index >= 15 is 0 Å². The zero-order valence-electron chi connectivity index (χ0n) is 16.0. The molecule has 0 unspecified atom stereocenters. The summed E-state index contributed by atoms with van der Waals surface area (Å²) in [6.45, 7) is 7.83. The van der Waals surface area contributed by atoms with Crippen molar-refractivity contribution in [3.05, 3.63) is 29.8 Å². The molecule has 1 heterocycles. The van der Waals surface area contributed by atoms with Crippen LogP contribution in [0.2, 0.25) is 0 Å². The van der Waals surface area contributed by atoms with E-state index in [-0.39, 0.29) is 11.3 Å². The second kappa shape index (κ2) is 6.40. The van der Waals surface area contributed by atoms with Gasteiger partial charge < -0.3 is 14.4 Å². The van der Waals surface area contributed by atoms with Crippen LogP contribution in [0.5, 0.6) is 11.5 Å². The lowest BCUT2D eigenvalue weighted by atomic mass is 9.65. The molecule has 1 aromatic carbocycles. The van der Waals surface area contributed by atoms with Gasteiger partial charge in [-0.3, -0.25) is 4.79 Å².